The molecular formula is C24H29FN2O3S. The van der Waals surface area contributed by atoms with Gasteiger partial charge in [0.2, 0.25) is 10.0 Å². The molecule has 31 heavy (non-hydrogen) atoms. The average molecular weight is 445 g/mol. The Morgan fingerprint density at radius 1 is 1.16 bits per heavy atom. The minimum Gasteiger partial charge on any atom is -0.381 e. The highest BCUT2D eigenvalue weighted by Crippen LogP contribution is 2.47. The molecule has 0 saturated heterocycles. The predicted octanol–water partition coefficient (Wildman–Crippen LogP) is 4.27. The highest BCUT2D eigenvalue weighted by Gasteiger charge is 2.45. The summed E-state index contributed by atoms with van der Waals surface area (Å²) in [4.78, 5) is 4.53. The predicted molar refractivity (Wildman–Crippen MR) is 120 cm³/mol. The van der Waals surface area contributed by atoms with Crippen LogP contribution in [0.15, 0.2) is 48.7 Å². The molecule has 0 radical (unpaired) electrons. The maximum atomic E-state index is 13.5. The Kier molecular flexibility index (Phi) is 6.55. The van der Waals surface area contributed by atoms with Crippen LogP contribution in [0.25, 0.3) is 17.2 Å². The quantitative estimate of drug-likeness (QED) is 0.723. The number of hydrogen-bond donors (Lipinski definition) is 1. The Bertz CT molecular complexity index is 1040. The third kappa shape index (κ3) is 5.40. The van der Waals surface area contributed by atoms with Crippen LogP contribution in [0.2, 0.25) is 0 Å². The lowest BCUT2D eigenvalue weighted by Crippen LogP contribution is -2.39. The lowest BCUT2D eigenvalue weighted by atomic mass is 9.76. The Labute approximate surface area is 183 Å². The van der Waals surface area contributed by atoms with Gasteiger partial charge in [0.25, 0.3) is 0 Å². The van der Waals surface area contributed by atoms with Gasteiger partial charge in [-0.1, -0.05) is 24.3 Å². The summed E-state index contributed by atoms with van der Waals surface area (Å²) in [6.07, 6.45) is 11.0. The van der Waals surface area contributed by atoms with Crippen LogP contribution < -0.4 is 4.72 Å². The third-order valence-electron chi connectivity index (χ3n) is 6.62. The lowest BCUT2D eigenvalue weighted by Gasteiger charge is -2.33. The number of rotatable bonds is 6. The zero-order chi connectivity index (χ0) is 22.0. The van der Waals surface area contributed by atoms with Crippen LogP contribution in [0.4, 0.5) is 4.39 Å². The van der Waals surface area contributed by atoms with Crippen LogP contribution in [0.3, 0.4) is 0 Å². The number of nitrogens with zero attached hydrogens (tertiary/aromatic N) is 1. The van der Waals surface area contributed by atoms with E-state index in [4.69, 9.17) is 4.74 Å². The van der Waals surface area contributed by atoms with E-state index in [1.54, 1.807) is 19.4 Å². The van der Waals surface area contributed by atoms with E-state index in [-0.39, 0.29) is 18.0 Å². The number of methoxy groups -OCH3 is 1. The highest BCUT2D eigenvalue weighted by molar-refractivity contribution is 7.88. The molecule has 7 heteroatoms. The van der Waals surface area contributed by atoms with Crippen LogP contribution in [-0.4, -0.2) is 38.9 Å². The van der Waals surface area contributed by atoms with Gasteiger partial charge in [-0.3, -0.25) is 4.98 Å². The number of sulfonamides is 1. The fraction of sp³-hybridized carbons (Fsp3) is 0.458. The first kappa shape index (κ1) is 22.1. The molecule has 2 aliphatic carbocycles. The fourth-order valence-electron chi connectivity index (χ4n) is 5.28. The third-order valence-corrected chi connectivity index (χ3v) is 7.38. The Morgan fingerprint density at radius 3 is 2.68 bits per heavy atom. The molecule has 2 fully saturated rings. The first-order valence-electron chi connectivity index (χ1n) is 10.7. The highest BCUT2D eigenvalue weighted by atomic mass is 32.2. The lowest BCUT2D eigenvalue weighted by molar-refractivity contribution is 0.0778. The molecule has 0 aliphatic heterocycles. The average Bonchev–Trinajstić information content (AvgIpc) is 3.08. The first-order chi connectivity index (χ1) is 14.8. The van der Waals surface area contributed by atoms with Crippen molar-refractivity contribution < 1.29 is 17.5 Å². The monoisotopic (exact) mass is 444 g/mol. The van der Waals surface area contributed by atoms with E-state index in [1.165, 1.54) is 18.4 Å². The largest absolute Gasteiger partial charge is 0.381 e. The van der Waals surface area contributed by atoms with E-state index in [2.05, 4.69) is 15.8 Å². The van der Waals surface area contributed by atoms with E-state index < -0.39 is 10.0 Å². The molecule has 5 atom stereocenters. The van der Waals surface area contributed by atoms with Gasteiger partial charge < -0.3 is 4.74 Å². The first-order valence-corrected chi connectivity index (χ1v) is 12.6. The van der Waals surface area contributed by atoms with Crippen molar-refractivity contribution in [2.24, 2.45) is 17.8 Å². The minimum atomic E-state index is -3.18. The summed E-state index contributed by atoms with van der Waals surface area (Å²) in [5.41, 5.74) is 2.54. The van der Waals surface area contributed by atoms with Crippen molar-refractivity contribution in [2.45, 2.75) is 37.8 Å². The van der Waals surface area contributed by atoms with Crippen molar-refractivity contribution in [1.29, 1.82) is 0 Å². The number of ether oxygens (including phenoxy) is 1. The minimum absolute atomic E-state index is 0.0218. The molecule has 2 aliphatic rings. The van der Waals surface area contributed by atoms with Gasteiger partial charge in [0.15, 0.2) is 0 Å². The second-order valence-corrected chi connectivity index (χ2v) is 10.5. The summed E-state index contributed by atoms with van der Waals surface area (Å²) in [6, 6.07) is 10.4. The summed E-state index contributed by atoms with van der Waals surface area (Å²) >= 11 is 0. The molecule has 2 aromatic rings. The van der Waals surface area contributed by atoms with Crippen LogP contribution in [-0.2, 0) is 14.8 Å². The maximum absolute atomic E-state index is 13.5. The van der Waals surface area contributed by atoms with Crippen LogP contribution in [0.1, 0.15) is 31.4 Å². The van der Waals surface area contributed by atoms with Crippen molar-refractivity contribution in [1.82, 2.24) is 9.71 Å². The van der Waals surface area contributed by atoms with Crippen molar-refractivity contribution in [3.63, 3.8) is 0 Å². The smallest absolute Gasteiger partial charge is 0.208 e. The van der Waals surface area contributed by atoms with Gasteiger partial charge in [-0.25, -0.2) is 17.5 Å². The molecular weight excluding hydrogens is 415 g/mol. The fourth-order valence-corrected chi connectivity index (χ4v) is 6.10. The molecule has 5 nitrogen and oxygen atoms in total. The van der Waals surface area contributed by atoms with Crippen molar-refractivity contribution in [2.75, 3.05) is 13.4 Å². The van der Waals surface area contributed by atoms with Gasteiger partial charge in [0, 0.05) is 30.8 Å². The topological polar surface area (TPSA) is 68.3 Å². The number of hydrogen-bond acceptors (Lipinski definition) is 4. The molecule has 0 spiro atoms. The maximum Gasteiger partial charge on any atom is 0.208 e. The summed E-state index contributed by atoms with van der Waals surface area (Å²) in [5.74, 6) is 0.976. The number of halogens is 1. The van der Waals surface area contributed by atoms with Gasteiger partial charge in [0.1, 0.15) is 5.82 Å². The van der Waals surface area contributed by atoms with E-state index in [9.17, 15) is 12.8 Å². The van der Waals surface area contributed by atoms with E-state index in [1.807, 2.05) is 24.3 Å². The standard InChI is InChI=1S/C24H29FN2O3S/c1-30-24-14-18-13-21(27-31(2,28)29)9-10-22(18)23(24)11-8-20-7-6-17(15-26-20)16-4-3-5-19(25)12-16/h3-8,11-12,15,18,21-24,27H,9-10,13-14H2,1-2H3/t18-,21?,22-,23+,24+/m1/s1. The Hall–Kier alpha value is -2.09. The second kappa shape index (κ2) is 9.18. The molecule has 1 aromatic carbocycles. The van der Waals surface area contributed by atoms with Crippen LogP contribution in [0, 0.1) is 23.6 Å². The van der Waals surface area contributed by atoms with E-state index in [0.29, 0.717) is 17.8 Å². The molecule has 2 saturated carbocycles. The van der Waals surface area contributed by atoms with Crippen molar-refractivity contribution in [3.05, 3.63) is 60.2 Å². The number of pyridine rings is 1. The normalized spacial score (nSPS) is 28.7. The molecule has 4 rings (SSSR count). The van der Waals surface area contributed by atoms with Crippen LogP contribution in [0.5, 0.6) is 0 Å². The summed E-state index contributed by atoms with van der Waals surface area (Å²) in [5, 5.41) is 0. The zero-order valence-electron chi connectivity index (χ0n) is 17.9. The van der Waals surface area contributed by atoms with E-state index >= 15 is 0 Å². The number of fused-ring (bicyclic) bond motifs is 1. The molecule has 0 bridgehead atoms. The number of benzene rings is 1. The molecule has 1 heterocycles. The van der Waals surface area contributed by atoms with Crippen LogP contribution >= 0.6 is 0 Å². The van der Waals surface area contributed by atoms with Crippen molar-refractivity contribution in [3.8, 4) is 11.1 Å². The summed E-state index contributed by atoms with van der Waals surface area (Å²) in [7, 11) is -1.43. The zero-order valence-corrected chi connectivity index (χ0v) is 18.7. The molecule has 0 amide bonds. The summed E-state index contributed by atoms with van der Waals surface area (Å²) < 4.78 is 45.2. The van der Waals surface area contributed by atoms with Gasteiger partial charge in [-0.05, 0) is 67.4 Å². The number of nitrogens with one attached hydrogen (secondary N) is 1. The van der Waals surface area contributed by atoms with Gasteiger partial charge in [-0.2, -0.15) is 0 Å². The second-order valence-electron chi connectivity index (χ2n) is 8.75. The molecule has 1 aromatic heterocycles. The van der Waals surface area contributed by atoms with Crippen molar-refractivity contribution >= 4 is 16.1 Å². The molecule has 166 valence electrons. The molecule has 1 unspecified atom stereocenters. The van der Waals surface area contributed by atoms with Gasteiger partial charge in [-0.15, -0.1) is 0 Å². The van der Waals surface area contributed by atoms with Gasteiger partial charge in [0.05, 0.1) is 18.1 Å². The summed E-state index contributed by atoms with van der Waals surface area (Å²) in [6.45, 7) is 0. The molecule has 1 N–H and O–H groups in total. The number of aromatic nitrogens is 1. The SMILES string of the molecule is CO[C@H]1C[C@H]2CC(NS(C)(=O)=O)CC[C@H]2[C@@H]1C=Cc1ccc(-c2cccc(F)c2)cn1. The Balaban J connectivity index is 1.44. The van der Waals surface area contributed by atoms with E-state index in [0.717, 1.165) is 42.5 Å². The van der Waals surface area contributed by atoms with Gasteiger partial charge >= 0.3 is 0 Å². The Morgan fingerprint density at radius 2 is 2.00 bits per heavy atom.